The zero-order valence-corrected chi connectivity index (χ0v) is 13.2. The van der Waals surface area contributed by atoms with E-state index in [1.807, 2.05) is 34.4 Å². The van der Waals surface area contributed by atoms with E-state index in [0.717, 1.165) is 27.5 Å². The highest BCUT2D eigenvalue weighted by Gasteiger charge is 2.13. The van der Waals surface area contributed by atoms with Crippen LogP contribution in [0.1, 0.15) is 11.1 Å². The maximum Gasteiger partial charge on any atom is 0.124 e. The number of hydrogen-bond acceptors (Lipinski definition) is 1. The van der Waals surface area contributed by atoms with Gasteiger partial charge in [0.1, 0.15) is 11.6 Å². The van der Waals surface area contributed by atoms with Gasteiger partial charge in [0.05, 0.1) is 0 Å². The second-order valence-corrected chi connectivity index (χ2v) is 5.33. The average molecular weight is 390 g/mol. The van der Waals surface area contributed by atoms with E-state index < -0.39 is 0 Å². The van der Waals surface area contributed by atoms with Gasteiger partial charge in [-0.05, 0) is 44.2 Å². The summed E-state index contributed by atoms with van der Waals surface area (Å²) in [6.07, 6.45) is 0. The molecule has 1 N–H and O–H groups in total. The van der Waals surface area contributed by atoms with E-state index in [1.165, 1.54) is 12.1 Å². The molecule has 0 saturated carbocycles. The minimum Gasteiger partial charge on any atom is -0.507 e. The largest absolute Gasteiger partial charge is 0.507 e. The molecule has 0 bridgehead atoms. The van der Waals surface area contributed by atoms with Gasteiger partial charge in [-0.2, -0.15) is 0 Å². The van der Waals surface area contributed by atoms with Crippen LogP contribution in [-0.2, 0) is 0 Å². The normalized spacial score (nSPS) is 11.8. The van der Waals surface area contributed by atoms with E-state index in [-0.39, 0.29) is 11.6 Å². The molecule has 0 spiro atoms. The Balaban J connectivity index is 2.27. The molecule has 3 aromatic carbocycles. The van der Waals surface area contributed by atoms with Gasteiger partial charge in [-0.25, -0.2) is 4.39 Å². The second-order valence-electron chi connectivity index (χ2n) is 4.71. The Bertz CT molecular complexity index is 822. The first-order valence-corrected chi connectivity index (χ1v) is 7.72. The monoisotopic (exact) mass is 390 g/mol. The number of phenols is 1. The van der Waals surface area contributed by atoms with Crippen LogP contribution in [0.4, 0.5) is 4.39 Å². The Morgan fingerprint density at radius 1 is 0.952 bits per heavy atom. The molecule has 0 radical (unpaired) electrons. The molecule has 0 aliphatic carbocycles. The van der Waals surface area contributed by atoms with Crippen molar-refractivity contribution in [2.75, 3.05) is 0 Å². The zero-order chi connectivity index (χ0) is 14.8. The molecule has 1 nitrogen and oxygen atoms in total. The van der Waals surface area contributed by atoms with Crippen LogP contribution in [0.3, 0.4) is 0 Å². The molecular formula is C18H12FIO. The summed E-state index contributed by atoms with van der Waals surface area (Å²) in [6, 6.07) is 17.8. The smallest absolute Gasteiger partial charge is 0.124 e. The third-order valence-electron chi connectivity index (χ3n) is 3.44. The highest BCUT2D eigenvalue weighted by molar-refractivity contribution is 14.1. The Hall–Kier alpha value is -1.88. The van der Waals surface area contributed by atoms with Crippen molar-refractivity contribution in [2.24, 2.45) is 0 Å². The third kappa shape index (κ3) is 2.65. The van der Waals surface area contributed by atoms with Crippen molar-refractivity contribution in [1.29, 1.82) is 0 Å². The maximum atomic E-state index is 13.1. The molecule has 0 amide bonds. The molecule has 0 unspecified atom stereocenters. The number of hydrogen-bond donors (Lipinski definition) is 1. The van der Waals surface area contributed by atoms with Gasteiger partial charge in [-0.3, -0.25) is 0 Å². The standard InChI is InChI=1S/C18H12FIO/c19-14-8-5-13(6-9-14)16(11-20)18-15-4-2-1-3-12(15)7-10-17(18)21/h1-11,21H/b16-11+. The number of fused-ring (bicyclic) bond motifs is 1. The van der Waals surface area contributed by atoms with Gasteiger partial charge in [0.2, 0.25) is 0 Å². The van der Waals surface area contributed by atoms with Crippen LogP contribution in [0.25, 0.3) is 16.3 Å². The van der Waals surface area contributed by atoms with Crippen LogP contribution in [0.15, 0.2) is 64.7 Å². The fraction of sp³-hybridized carbons (Fsp3) is 0. The summed E-state index contributed by atoms with van der Waals surface area (Å²) in [5, 5.41) is 12.3. The van der Waals surface area contributed by atoms with Crippen molar-refractivity contribution < 1.29 is 9.50 Å². The van der Waals surface area contributed by atoms with Gasteiger partial charge in [0, 0.05) is 5.56 Å². The third-order valence-corrected chi connectivity index (χ3v) is 4.06. The fourth-order valence-electron chi connectivity index (χ4n) is 2.43. The lowest BCUT2D eigenvalue weighted by Gasteiger charge is -2.13. The predicted molar refractivity (Wildman–Crippen MR) is 93.1 cm³/mol. The van der Waals surface area contributed by atoms with Crippen LogP contribution >= 0.6 is 22.6 Å². The van der Waals surface area contributed by atoms with Gasteiger partial charge in [0.15, 0.2) is 0 Å². The number of benzene rings is 3. The van der Waals surface area contributed by atoms with E-state index in [4.69, 9.17) is 0 Å². The van der Waals surface area contributed by atoms with Gasteiger partial charge in [0.25, 0.3) is 0 Å². The van der Waals surface area contributed by atoms with Crippen molar-refractivity contribution in [3.05, 3.63) is 81.7 Å². The highest BCUT2D eigenvalue weighted by Crippen LogP contribution is 2.37. The van der Waals surface area contributed by atoms with E-state index >= 15 is 0 Å². The first kappa shape index (κ1) is 14.1. The molecule has 21 heavy (non-hydrogen) atoms. The molecule has 0 aromatic heterocycles. The first-order chi connectivity index (χ1) is 10.2. The van der Waals surface area contributed by atoms with Crippen molar-refractivity contribution in [3.8, 4) is 5.75 Å². The topological polar surface area (TPSA) is 20.2 Å². The van der Waals surface area contributed by atoms with E-state index in [2.05, 4.69) is 22.6 Å². The lowest BCUT2D eigenvalue weighted by Crippen LogP contribution is -1.91. The average Bonchev–Trinajstić information content (AvgIpc) is 2.52. The summed E-state index contributed by atoms with van der Waals surface area (Å²) in [5.41, 5.74) is 2.52. The van der Waals surface area contributed by atoms with E-state index in [9.17, 15) is 9.50 Å². The maximum absolute atomic E-state index is 13.1. The highest BCUT2D eigenvalue weighted by atomic mass is 127. The number of rotatable bonds is 2. The summed E-state index contributed by atoms with van der Waals surface area (Å²) < 4.78 is 15.0. The van der Waals surface area contributed by atoms with Crippen molar-refractivity contribution in [2.45, 2.75) is 0 Å². The first-order valence-electron chi connectivity index (χ1n) is 6.48. The van der Waals surface area contributed by atoms with Gasteiger partial charge in [-0.15, -0.1) is 0 Å². The molecule has 0 atom stereocenters. The van der Waals surface area contributed by atoms with Gasteiger partial charge < -0.3 is 5.11 Å². The number of aromatic hydroxyl groups is 1. The molecular weight excluding hydrogens is 378 g/mol. The summed E-state index contributed by atoms with van der Waals surface area (Å²) in [7, 11) is 0. The SMILES string of the molecule is Oc1ccc2ccccc2c1/C(=C/I)c1ccc(F)cc1. The number of halogens is 2. The van der Waals surface area contributed by atoms with Crippen molar-refractivity contribution in [1.82, 2.24) is 0 Å². The minimum absolute atomic E-state index is 0.223. The minimum atomic E-state index is -0.270. The molecule has 0 saturated heterocycles. The van der Waals surface area contributed by atoms with Crippen molar-refractivity contribution in [3.63, 3.8) is 0 Å². The Kier molecular flexibility index (Phi) is 3.92. The van der Waals surface area contributed by atoms with Gasteiger partial charge in [-0.1, -0.05) is 65.1 Å². The number of phenolic OH excluding ortho intramolecular Hbond substituents is 1. The molecule has 3 aromatic rings. The molecule has 3 heteroatoms. The molecule has 0 heterocycles. The zero-order valence-electron chi connectivity index (χ0n) is 11.1. The van der Waals surface area contributed by atoms with Crippen LogP contribution in [0.5, 0.6) is 5.75 Å². The Morgan fingerprint density at radius 2 is 1.67 bits per heavy atom. The second kappa shape index (κ2) is 5.85. The van der Waals surface area contributed by atoms with Crippen LogP contribution in [0, 0.1) is 5.82 Å². The molecule has 104 valence electrons. The summed E-state index contributed by atoms with van der Waals surface area (Å²) in [4.78, 5) is 0. The lowest BCUT2D eigenvalue weighted by atomic mass is 9.93. The summed E-state index contributed by atoms with van der Waals surface area (Å²) in [5.74, 6) is -0.0466. The molecule has 0 fully saturated rings. The van der Waals surface area contributed by atoms with Crippen LogP contribution in [0.2, 0.25) is 0 Å². The van der Waals surface area contributed by atoms with E-state index in [1.54, 1.807) is 18.2 Å². The van der Waals surface area contributed by atoms with E-state index in [0.29, 0.717) is 0 Å². The summed E-state index contributed by atoms with van der Waals surface area (Å²) >= 11 is 2.15. The quantitative estimate of drug-likeness (QED) is 0.573. The Morgan fingerprint density at radius 3 is 2.38 bits per heavy atom. The fourth-order valence-corrected chi connectivity index (χ4v) is 3.11. The van der Waals surface area contributed by atoms with Crippen LogP contribution < -0.4 is 0 Å². The molecule has 0 aliphatic rings. The molecule has 3 rings (SSSR count). The van der Waals surface area contributed by atoms with Crippen molar-refractivity contribution >= 4 is 38.9 Å². The van der Waals surface area contributed by atoms with Gasteiger partial charge >= 0.3 is 0 Å². The lowest BCUT2D eigenvalue weighted by molar-refractivity contribution is 0.474. The predicted octanol–water partition coefficient (Wildman–Crippen LogP) is 5.51. The Labute approximate surface area is 135 Å². The van der Waals surface area contributed by atoms with Crippen LogP contribution in [-0.4, -0.2) is 5.11 Å². The summed E-state index contributed by atoms with van der Waals surface area (Å²) in [6.45, 7) is 0. The molecule has 0 aliphatic heterocycles.